The van der Waals surface area contributed by atoms with Gasteiger partial charge >= 0.3 is 0 Å². The number of piperidine rings is 2. The minimum absolute atomic E-state index is 0.565. The molecule has 2 atom stereocenters. The Hall–Kier alpha value is -0.0800. The fraction of sp³-hybridized carbons (Fsp3) is 1.00. The molecule has 0 saturated carbocycles. The first-order chi connectivity index (χ1) is 8.13. The lowest BCUT2D eigenvalue weighted by molar-refractivity contribution is 0.0536. The van der Waals surface area contributed by atoms with Crippen LogP contribution in [0.15, 0.2) is 0 Å². The highest BCUT2D eigenvalue weighted by molar-refractivity contribution is 4.87. The normalized spacial score (nSPS) is 34.8. The number of nitrogens with one attached hydrogen (secondary N) is 1. The molecule has 0 aromatic rings. The molecule has 2 heterocycles. The molecule has 0 radical (unpaired) electrons. The topological polar surface area (TPSA) is 15.3 Å². The number of likely N-dealkylation sites (tertiary alicyclic amines) is 1. The minimum atomic E-state index is 0.565. The summed E-state index contributed by atoms with van der Waals surface area (Å²) in [5.41, 5.74) is 0.565. The molecule has 0 aromatic heterocycles. The second-order valence-electron chi connectivity index (χ2n) is 6.69. The van der Waals surface area contributed by atoms with E-state index in [4.69, 9.17) is 0 Å². The first-order valence-electron chi connectivity index (χ1n) is 7.58. The predicted octanol–water partition coefficient (Wildman–Crippen LogP) is 2.89. The van der Waals surface area contributed by atoms with E-state index in [1.54, 1.807) is 0 Å². The zero-order valence-electron chi connectivity index (χ0n) is 12.0. The van der Waals surface area contributed by atoms with E-state index in [0.29, 0.717) is 5.41 Å². The Kier molecular flexibility index (Phi) is 4.48. The van der Waals surface area contributed by atoms with Gasteiger partial charge in [-0.1, -0.05) is 20.3 Å². The van der Waals surface area contributed by atoms with Gasteiger partial charge in [0.2, 0.25) is 0 Å². The monoisotopic (exact) mass is 238 g/mol. The van der Waals surface area contributed by atoms with Crippen LogP contribution in [-0.2, 0) is 0 Å². The van der Waals surface area contributed by atoms with Gasteiger partial charge in [0.1, 0.15) is 0 Å². The van der Waals surface area contributed by atoms with Crippen LogP contribution in [-0.4, -0.2) is 37.1 Å². The molecule has 17 heavy (non-hydrogen) atoms. The molecule has 2 fully saturated rings. The third-order valence-corrected chi connectivity index (χ3v) is 5.08. The van der Waals surface area contributed by atoms with Crippen LogP contribution in [0.2, 0.25) is 0 Å². The first-order valence-corrected chi connectivity index (χ1v) is 7.58. The SMILES string of the molecule is CCC1CCC(C)N(CC2(C)CCNCC2)C1. The van der Waals surface area contributed by atoms with E-state index in [0.717, 1.165) is 12.0 Å². The summed E-state index contributed by atoms with van der Waals surface area (Å²) < 4.78 is 0. The zero-order chi connectivity index (χ0) is 12.3. The van der Waals surface area contributed by atoms with Gasteiger partial charge in [0.15, 0.2) is 0 Å². The first kappa shape index (κ1) is 13.4. The number of hydrogen-bond acceptors (Lipinski definition) is 2. The maximum Gasteiger partial charge on any atom is 0.00673 e. The van der Waals surface area contributed by atoms with Crippen molar-refractivity contribution in [1.29, 1.82) is 0 Å². The molecule has 2 unspecified atom stereocenters. The molecule has 1 N–H and O–H groups in total. The van der Waals surface area contributed by atoms with Crippen LogP contribution in [0.1, 0.15) is 52.9 Å². The second-order valence-corrected chi connectivity index (χ2v) is 6.69. The molecule has 0 aromatic carbocycles. The molecular weight excluding hydrogens is 208 g/mol. The lowest BCUT2D eigenvalue weighted by atomic mass is 9.79. The van der Waals surface area contributed by atoms with Crippen LogP contribution >= 0.6 is 0 Å². The molecule has 2 heteroatoms. The van der Waals surface area contributed by atoms with E-state index in [9.17, 15) is 0 Å². The van der Waals surface area contributed by atoms with E-state index < -0.39 is 0 Å². The predicted molar refractivity (Wildman–Crippen MR) is 74.3 cm³/mol. The Bertz CT molecular complexity index is 233. The third kappa shape index (κ3) is 3.45. The van der Waals surface area contributed by atoms with E-state index >= 15 is 0 Å². The maximum absolute atomic E-state index is 3.49. The van der Waals surface area contributed by atoms with Gasteiger partial charge in [-0.25, -0.2) is 0 Å². The summed E-state index contributed by atoms with van der Waals surface area (Å²) in [5, 5.41) is 3.49. The molecule has 2 saturated heterocycles. The van der Waals surface area contributed by atoms with E-state index in [1.807, 2.05) is 0 Å². The van der Waals surface area contributed by atoms with Crippen molar-refractivity contribution >= 4 is 0 Å². The summed E-state index contributed by atoms with van der Waals surface area (Å²) in [6.45, 7) is 12.4. The summed E-state index contributed by atoms with van der Waals surface area (Å²) in [6.07, 6.45) is 6.93. The molecule has 2 aliphatic heterocycles. The summed E-state index contributed by atoms with van der Waals surface area (Å²) >= 11 is 0. The Labute approximate surface area is 107 Å². The Morgan fingerprint density at radius 1 is 1.24 bits per heavy atom. The summed E-state index contributed by atoms with van der Waals surface area (Å²) in [6, 6.07) is 0.810. The molecule has 100 valence electrons. The highest BCUT2D eigenvalue weighted by Gasteiger charge is 2.33. The standard InChI is InChI=1S/C15H30N2/c1-4-14-6-5-13(2)17(11-14)12-15(3)7-9-16-10-8-15/h13-14,16H,4-12H2,1-3H3. The van der Waals surface area contributed by atoms with Gasteiger partial charge in [-0.2, -0.15) is 0 Å². The van der Waals surface area contributed by atoms with Gasteiger partial charge in [0.05, 0.1) is 0 Å². The molecule has 0 spiro atoms. The zero-order valence-corrected chi connectivity index (χ0v) is 12.0. The van der Waals surface area contributed by atoms with Gasteiger partial charge in [0.25, 0.3) is 0 Å². The average Bonchev–Trinajstić information content (AvgIpc) is 2.33. The van der Waals surface area contributed by atoms with Crippen molar-refractivity contribution in [2.75, 3.05) is 26.2 Å². The molecule has 0 aliphatic carbocycles. The van der Waals surface area contributed by atoms with E-state index in [1.165, 1.54) is 58.3 Å². The molecular formula is C15H30N2. The van der Waals surface area contributed by atoms with Crippen LogP contribution < -0.4 is 5.32 Å². The Balaban J connectivity index is 1.91. The van der Waals surface area contributed by atoms with Crippen LogP contribution in [0.3, 0.4) is 0 Å². The van der Waals surface area contributed by atoms with Crippen LogP contribution in [0, 0.1) is 11.3 Å². The molecule has 2 nitrogen and oxygen atoms in total. The maximum atomic E-state index is 3.49. The number of hydrogen-bond donors (Lipinski definition) is 1. The average molecular weight is 238 g/mol. The molecule has 2 aliphatic rings. The summed E-state index contributed by atoms with van der Waals surface area (Å²) in [4.78, 5) is 2.78. The Morgan fingerprint density at radius 3 is 2.59 bits per heavy atom. The highest BCUT2D eigenvalue weighted by atomic mass is 15.2. The van der Waals surface area contributed by atoms with Gasteiger partial charge in [0, 0.05) is 19.1 Å². The minimum Gasteiger partial charge on any atom is -0.317 e. The number of rotatable bonds is 3. The van der Waals surface area contributed by atoms with Gasteiger partial charge in [-0.15, -0.1) is 0 Å². The Morgan fingerprint density at radius 2 is 1.94 bits per heavy atom. The van der Waals surface area contributed by atoms with Crippen molar-refractivity contribution in [3.05, 3.63) is 0 Å². The van der Waals surface area contributed by atoms with Gasteiger partial charge in [-0.05, 0) is 57.0 Å². The lowest BCUT2D eigenvalue weighted by Crippen LogP contribution is -2.49. The molecule has 0 amide bonds. The van der Waals surface area contributed by atoms with Gasteiger partial charge < -0.3 is 5.32 Å². The van der Waals surface area contributed by atoms with Crippen LogP contribution in [0.25, 0.3) is 0 Å². The lowest BCUT2D eigenvalue weighted by Gasteiger charge is -2.44. The van der Waals surface area contributed by atoms with Crippen molar-refractivity contribution in [1.82, 2.24) is 10.2 Å². The highest BCUT2D eigenvalue weighted by Crippen LogP contribution is 2.33. The molecule has 2 rings (SSSR count). The third-order valence-electron chi connectivity index (χ3n) is 5.08. The van der Waals surface area contributed by atoms with Crippen molar-refractivity contribution in [3.8, 4) is 0 Å². The van der Waals surface area contributed by atoms with Crippen molar-refractivity contribution in [3.63, 3.8) is 0 Å². The van der Waals surface area contributed by atoms with Crippen molar-refractivity contribution in [2.45, 2.75) is 58.9 Å². The van der Waals surface area contributed by atoms with Crippen molar-refractivity contribution < 1.29 is 0 Å². The molecule has 0 bridgehead atoms. The second kappa shape index (κ2) is 5.71. The summed E-state index contributed by atoms with van der Waals surface area (Å²) in [7, 11) is 0. The largest absolute Gasteiger partial charge is 0.317 e. The number of nitrogens with zero attached hydrogens (tertiary/aromatic N) is 1. The van der Waals surface area contributed by atoms with Crippen molar-refractivity contribution in [2.24, 2.45) is 11.3 Å². The van der Waals surface area contributed by atoms with Crippen LogP contribution in [0.5, 0.6) is 0 Å². The van der Waals surface area contributed by atoms with Crippen LogP contribution in [0.4, 0.5) is 0 Å². The smallest absolute Gasteiger partial charge is 0.00673 e. The summed E-state index contributed by atoms with van der Waals surface area (Å²) in [5.74, 6) is 0.955. The van der Waals surface area contributed by atoms with E-state index in [-0.39, 0.29) is 0 Å². The van der Waals surface area contributed by atoms with E-state index in [2.05, 4.69) is 31.0 Å². The quantitative estimate of drug-likeness (QED) is 0.813. The fourth-order valence-corrected chi connectivity index (χ4v) is 3.49. The fourth-order valence-electron chi connectivity index (χ4n) is 3.49. The van der Waals surface area contributed by atoms with Gasteiger partial charge in [-0.3, -0.25) is 4.90 Å².